The second-order valence-electron chi connectivity index (χ2n) is 5.31. The number of rotatable bonds is 2. The predicted molar refractivity (Wildman–Crippen MR) is 100 cm³/mol. The lowest BCUT2D eigenvalue weighted by Crippen LogP contribution is -2.17. The first-order chi connectivity index (χ1) is 12.2. The first kappa shape index (κ1) is 16.4. The van der Waals surface area contributed by atoms with E-state index in [1.165, 1.54) is 11.8 Å². The van der Waals surface area contributed by atoms with Gasteiger partial charge in [-0.2, -0.15) is 4.98 Å². The van der Waals surface area contributed by atoms with Crippen molar-refractivity contribution >= 4 is 40.7 Å². The van der Waals surface area contributed by atoms with Crippen LogP contribution in [0.25, 0.3) is 11.3 Å². The van der Waals surface area contributed by atoms with Gasteiger partial charge in [0.15, 0.2) is 11.9 Å². The van der Waals surface area contributed by atoms with Crippen molar-refractivity contribution in [2.45, 2.75) is 11.4 Å². The van der Waals surface area contributed by atoms with Crippen LogP contribution in [0.4, 0.5) is 5.69 Å². The van der Waals surface area contributed by atoms with Gasteiger partial charge in [0.05, 0.1) is 10.0 Å². The van der Waals surface area contributed by atoms with Crippen LogP contribution < -0.4 is 10.1 Å². The van der Waals surface area contributed by atoms with Gasteiger partial charge in [0, 0.05) is 16.8 Å². The number of halogens is 2. The summed E-state index contributed by atoms with van der Waals surface area (Å²) in [5.74, 6) is 0.424. The number of ether oxygens (including phenoxy) is 1. The molecule has 8 heteroatoms. The Morgan fingerprint density at radius 1 is 1.08 bits per heavy atom. The van der Waals surface area contributed by atoms with Crippen molar-refractivity contribution in [3.05, 3.63) is 58.1 Å². The van der Waals surface area contributed by atoms with Crippen LogP contribution in [0.15, 0.2) is 47.6 Å². The van der Waals surface area contributed by atoms with Crippen LogP contribution in [0.3, 0.4) is 0 Å². The molecule has 0 saturated carbocycles. The van der Waals surface area contributed by atoms with Gasteiger partial charge in [-0.3, -0.25) is 0 Å². The third kappa shape index (κ3) is 3.13. The van der Waals surface area contributed by atoms with Gasteiger partial charge in [0.2, 0.25) is 11.0 Å². The minimum absolute atomic E-state index is 0.424. The zero-order chi connectivity index (χ0) is 17.4. The standard InChI is InChI=1S/C17H12Cl2N4OS/c1-25-17-21-16-14(22-23-17)10-4-2-3-5-13(10)20-15(24-16)9-6-7-11(18)12(19)8-9/h2-8,15,20H,1H3/t15-/m0/s1. The predicted octanol–water partition coefficient (Wildman–Crippen LogP) is 5.07. The zero-order valence-corrected chi connectivity index (χ0v) is 15.4. The fourth-order valence-corrected chi connectivity index (χ4v) is 3.16. The Hall–Kier alpha value is -2.02. The van der Waals surface area contributed by atoms with Crippen LogP contribution in [0.1, 0.15) is 11.8 Å². The van der Waals surface area contributed by atoms with Gasteiger partial charge in [-0.25, -0.2) is 0 Å². The summed E-state index contributed by atoms with van der Waals surface area (Å²) < 4.78 is 6.12. The summed E-state index contributed by atoms with van der Waals surface area (Å²) >= 11 is 13.6. The quantitative estimate of drug-likeness (QED) is 0.616. The molecule has 1 aliphatic heterocycles. The Morgan fingerprint density at radius 3 is 2.72 bits per heavy atom. The van der Waals surface area contributed by atoms with E-state index in [9.17, 15) is 0 Å². The molecule has 1 aromatic heterocycles. The number of hydrogen-bond donors (Lipinski definition) is 1. The highest BCUT2D eigenvalue weighted by molar-refractivity contribution is 7.98. The highest BCUT2D eigenvalue weighted by Crippen LogP contribution is 2.40. The number of benzene rings is 2. The Bertz CT molecular complexity index is 954. The molecule has 0 radical (unpaired) electrons. The number of para-hydroxylation sites is 1. The fourth-order valence-electron chi connectivity index (χ4n) is 2.56. The molecule has 3 aromatic rings. The number of nitrogens with one attached hydrogen (secondary N) is 1. The van der Waals surface area contributed by atoms with Gasteiger partial charge >= 0.3 is 0 Å². The SMILES string of the molecule is CSc1nnc2c(n1)O[C@@H](c1ccc(Cl)c(Cl)c1)Nc1ccccc1-2. The van der Waals surface area contributed by atoms with E-state index in [0.717, 1.165) is 16.8 Å². The Kier molecular flexibility index (Phi) is 4.41. The average molecular weight is 391 g/mol. The lowest BCUT2D eigenvalue weighted by Gasteiger charge is -2.19. The molecule has 0 aliphatic carbocycles. The summed E-state index contributed by atoms with van der Waals surface area (Å²) in [7, 11) is 0. The van der Waals surface area contributed by atoms with E-state index in [4.69, 9.17) is 27.9 Å². The monoisotopic (exact) mass is 390 g/mol. The Labute approximate surface area is 158 Å². The molecule has 5 nitrogen and oxygen atoms in total. The van der Waals surface area contributed by atoms with Crippen molar-refractivity contribution in [1.29, 1.82) is 0 Å². The molecule has 0 fully saturated rings. The van der Waals surface area contributed by atoms with Gasteiger partial charge in [-0.1, -0.05) is 59.2 Å². The smallest absolute Gasteiger partial charge is 0.247 e. The summed E-state index contributed by atoms with van der Waals surface area (Å²) in [6, 6.07) is 13.2. The summed E-state index contributed by atoms with van der Waals surface area (Å²) in [5, 5.41) is 13.3. The summed E-state index contributed by atoms with van der Waals surface area (Å²) in [5.41, 5.74) is 3.20. The van der Waals surface area contributed by atoms with E-state index in [-0.39, 0.29) is 0 Å². The maximum atomic E-state index is 6.17. The molecule has 1 N–H and O–H groups in total. The fraction of sp³-hybridized carbons (Fsp3) is 0.118. The molecule has 0 bridgehead atoms. The topological polar surface area (TPSA) is 59.9 Å². The molecular weight excluding hydrogens is 379 g/mol. The largest absolute Gasteiger partial charge is 0.448 e. The molecule has 1 atom stereocenters. The lowest BCUT2D eigenvalue weighted by molar-refractivity contribution is 0.225. The van der Waals surface area contributed by atoms with Crippen LogP contribution in [0, 0.1) is 0 Å². The third-order valence-electron chi connectivity index (χ3n) is 3.76. The van der Waals surface area contributed by atoms with E-state index in [0.29, 0.717) is 26.8 Å². The maximum absolute atomic E-state index is 6.17. The normalized spacial score (nSPS) is 15.4. The number of nitrogens with zero attached hydrogens (tertiary/aromatic N) is 3. The number of hydrogen-bond acceptors (Lipinski definition) is 6. The summed E-state index contributed by atoms with van der Waals surface area (Å²) in [6.45, 7) is 0. The van der Waals surface area contributed by atoms with E-state index in [1.807, 2.05) is 36.6 Å². The van der Waals surface area contributed by atoms with Crippen molar-refractivity contribution in [2.24, 2.45) is 0 Å². The molecule has 0 unspecified atom stereocenters. The maximum Gasteiger partial charge on any atom is 0.247 e. The van der Waals surface area contributed by atoms with Gasteiger partial charge in [-0.15, -0.1) is 10.2 Å². The average Bonchev–Trinajstić information content (AvgIpc) is 2.80. The molecule has 0 amide bonds. The van der Waals surface area contributed by atoms with Gasteiger partial charge in [-0.05, 0) is 24.5 Å². The van der Waals surface area contributed by atoms with Gasteiger partial charge < -0.3 is 10.1 Å². The molecule has 126 valence electrons. The highest BCUT2D eigenvalue weighted by atomic mass is 35.5. The molecule has 25 heavy (non-hydrogen) atoms. The van der Waals surface area contributed by atoms with Crippen LogP contribution in [0.2, 0.25) is 10.0 Å². The first-order valence-electron chi connectivity index (χ1n) is 7.42. The molecule has 4 rings (SSSR count). The van der Waals surface area contributed by atoms with E-state index in [2.05, 4.69) is 20.5 Å². The molecule has 2 heterocycles. The van der Waals surface area contributed by atoms with Crippen molar-refractivity contribution in [3.8, 4) is 17.1 Å². The summed E-state index contributed by atoms with van der Waals surface area (Å²) in [6.07, 6.45) is 1.41. The Morgan fingerprint density at radius 2 is 1.92 bits per heavy atom. The van der Waals surface area contributed by atoms with Crippen LogP contribution in [0.5, 0.6) is 5.88 Å². The second-order valence-corrected chi connectivity index (χ2v) is 6.90. The lowest BCUT2D eigenvalue weighted by atomic mass is 10.1. The van der Waals surface area contributed by atoms with E-state index < -0.39 is 6.23 Å². The van der Waals surface area contributed by atoms with Crippen molar-refractivity contribution in [2.75, 3.05) is 11.6 Å². The number of fused-ring (bicyclic) bond motifs is 3. The van der Waals surface area contributed by atoms with Gasteiger partial charge in [0.25, 0.3) is 0 Å². The van der Waals surface area contributed by atoms with Crippen LogP contribution in [-0.4, -0.2) is 21.4 Å². The zero-order valence-electron chi connectivity index (χ0n) is 13.0. The summed E-state index contributed by atoms with van der Waals surface area (Å²) in [4.78, 5) is 4.47. The number of anilines is 1. The Balaban J connectivity index is 1.85. The second kappa shape index (κ2) is 6.71. The molecule has 1 aliphatic rings. The first-order valence-corrected chi connectivity index (χ1v) is 9.40. The van der Waals surface area contributed by atoms with E-state index >= 15 is 0 Å². The van der Waals surface area contributed by atoms with E-state index in [1.54, 1.807) is 12.1 Å². The van der Waals surface area contributed by atoms with Gasteiger partial charge in [0.1, 0.15) is 0 Å². The van der Waals surface area contributed by atoms with Crippen molar-refractivity contribution in [1.82, 2.24) is 15.2 Å². The number of aromatic nitrogens is 3. The molecular formula is C17H12Cl2N4OS. The minimum Gasteiger partial charge on any atom is -0.448 e. The molecule has 0 saturated heterocycles. The van der Waals surface area contributed by atoms with Crippen molar-refractivity contribution < 1.29 is 4.74 Å². The van der Waals surface area contributed by atoms with Crippen LogP contribution >= 0.6 is 35.0 Å². The minimum atomic E-state index is -0.483. The molecule has 0 spiro atoms. The number of thioether (sulfide) groups is 1. The molecule has 2 aromatic carbocycles. The third-order valence-corrected chi connectivity index (χ3v) is 5.04. The highest BCUT2D eigenvalue weighted by Gasteiger charge is 2.26. The van der Waals surface area contributed by atoms with Crippen LogP contribution in [-0.2, 0) is 0 Å². The van der Waals surface area contributed by atoms with Crippen molar-refractivity contribution in [3.63, 3.8) is 0 Å².